The molecule has 0 bridgehead atoms. The van der Waals surface area contributed by atoms with Crippen LogP contribution in [-0.2, 0) is 6.54 Å². The van der Waals surface area contributed by atoms with E-state index in [0.717, 1.165) is 62.3 Å². The smallest absolute Gasteiger partial charge is 0.268 e. The number of halogens is 1. The van der Waals surface area contributed by atoms with Gasteiger partial charge >= 0.3 is 0 Å². The van der Waals surface area contributed by atoms with Crippen LogP contribution < -0.4 is 15.8 Å². The summed E-state index contributed by atoms with van der Waals surface area (Å²) in [7, 11) is 0. The van der Waals surface area contributed by atoms with Crippen molar-refractivity contribution in [1.29, 1.82) is 10.5 Å². The van der Waals surface area contributed by atoms with Crippen molar-refractivity contribution in [2.75, 3.05) is 24.5 Å². The third-order valence-electron chi connectivity index (χ3n) is 5.17. The molecule has 2 aliphatic rings. The van der Waals surface area contributed by atoms with Crippen LogP contribution in [0.5, 0.6) is 0 Å². The number of pyridine rings is 1. The van der Waals surface area contributed by atoms with Gasteiger partial charge in [-0.25, -0.2) is 0 Å². The Bertz CT molecular complexity index is 752. The van der Waals surface area contributed by atoms with Gasteiger partial charge in [-0.05, 0) is 19.3 Å². The summed E-state index contributed by atoms with van der Waals surface area (Å²) in [6, 6.07) is 4.44. The Morgan fingerprint density at radius 3 is 2.60 bits per heavy atom. The maximum absolute atomic E-state index is 12.5. The second-order valence-electron chi connectivity index (χ2n) is 6.69. The molecule has 0 amide bonds. The van der Waals surface area contributed by atoms with Crippen molar-refractivity contribution < 1.29 is 0 Å². The predicted molar refractivity (Wildman–Crippen MR) is 98.9 cm³/mol. The molecule has 25 heavy (non-hydrogen) atoms. The van der Waals surface area contributed by atoms with Crippen molar-refractivity contribution >= 4 is 18.1 Å². The van der Waals surface area contributed by atoms with Crippen molar-refractivity contribution in [3.63, 3.8) is 0 Å². The highest BCUT2D eigenvalue weighted by molar-refractivity contribution is 5.85. The summed E-state index contributed by atoms with van der Waals surface area (Å²) < 4.78 is 0. The minimum atomic E-state index is -0.281. The lowest BCUT2D eigenvalue weighted by molar-refractivity contribution is 0.475. The van der Waals surface area contributed by atoms with Crippen molar-refractivity contribution in [1.82, 2.24) is 10.3 Å². The van der Waals surface area contributed by atoms with Crippen LogP contribution in [0, 0.1) is 28.6 Å². The van der Waals surface area contributed by atoms with Gasteiger partial charge in [0.05, 0.1) is 11.8 Å². The van der Waals surface area contributed by atoms with E-state index >= 15 is 0 Å². The van der Waals surface area contributed by atoms with Crippen LogP contribution >= 0.6 is 12.4 Å². The molecule has 0 spiro atoms. The van der Waals surface area contributed by atoms with E-state index in [1.54, 1.807) is 0 Å². The molecule has 0 saturated carbocycles. The van der Waals surface area contributed by atoms with Gasteiger partial charge in [-0.3, -0.25) is 4.79 Å². The van der Waals surface area contributed by atoms with Crippen LogP contribution in [0.3, 0.4) is 0 Å². The molecule has 2 N–H and O–H groups in total. The number of piperidine rings is 1. The highest BCUT2D eigenvalue weighted by Crippen LogP contribution is 2.35. The van der Waals surface area contributed by atoms with E-state index in [9.17, 15) is 10.1 Å². The Hall–Kier alpha value is -2.02. The lowest BCUT2D eigenvalue weighted by Gasteiger charge is -2.36. The molecule has 1 saturated heterocycles. The predicted octanol–water partition coefficient (Wildman–Crippen LogP) is 2.40. The van der Waals surface area contributed by atoms with E-state index < -0.39 is 0 Å². The van der Waals surface area contributed by atoms with Crippen molar-refractivity contribution in [2.24, 2.45) is 5.92 Å². The standard InChI is InChI=1S/C18H23N5O.ClH/c1-2-3-13-10-21-11-15-16(13)22-18(24)14(9-20)17(15)23-6-4-12(8-19)5-7-23;/h12-13,21H,2-7,10-11H2,1H3,(H,22,24);1H. The maximum Gasteiger partial charge on any atom is 0.268 e. The monoisotopic (exact) mass is 361 g/mol. The minimum absolute atomic E-state index is 0. The van der Waals surface area contributed by atoms with Crippen LogP contribution in [0.4, 0.5) is 5.69 Å². The van der Waals surface area contributed by atoms with E-state index in [-0.39, 0.29) is 35.4 Å². The average molecular weight is 362 g/mol. The first kappa shape index (κ1) is 19.3. The number of hydrogen-bond acceptors (Lipinski definition) is 5. The van der Waals surface area contributed by atoms with E-state index in [0.29, 0.717) is 6.54 Å². The number of anilines is 1. The molecule has 0 aromatic carbocycles. The van der Waals surface area contributed by atoms with Gasteiger partial charge in [0.2, 0.25) is 0 Å². The Balaban J connectivity index is 0.00000225. The molecule has 1 aromatic rings. The van der Waals surface area contributed by atoms with Gasteiger partial charge in [-0.15, -0.1) is 12.4 Å². The maximum atomic E-state index is 12.5. The van der Waals surface area contributed by atoms with E-state index in [1.165, 1.54) is 0 Å². The SMILES string of the molecule is CCCC1CNCc2c1[nH]c(=O)c(C#N)c2N1CCC(C#N)CC1.Cl. The molecule has 0 radical (unpaired) electrons. The first-order valence-electron chi connectivity index (χ1n) is 8.74. The number of hydrogen-bond donors (Lipinski definition) is 2. The van der Waals surface area contributed by atoms with Gasteiger partial charge in [0.1, 0.15) is 11.6 Å². The first-order valence-corrected chi connectivity index (χ1v) is 8.74. The van der Waals surface area contributed by atoms with Crippen LogP contribution in [0.2, 0.25) is 0 Å². The molecule has 7 heteroatoms. The van der Waals surface area contributed by atoms with Crippen LogP contribution in [0.25, 0.3) is 0 Å². The number of nitrogens with one attached hydrogen (secondary N) is 2. The molecule has 134 valence electrons. The Morgan fingerprint density at radius 1 is 1.28 bits per heavy atom. The van der Waals surface area contributed by atoms with Crippen molar-refractivity contribution in [3.05, 3.63) is 27.2 Å². The molecule has 0 aliphatic carbocycles. The number of nitrogens with zero attached hydrogens (tertiary/aromatic N) is 3. The van der Waals surface area contributed by atoms with Crippen LogP contribution in [0.15, 0.2) is 4.79 Å². The fourth-order valence-corrected chi connectivity index (χ4v) is 3.93. The summed E-state index contributed by atoms with van der Waals surface area (Å²) in [5.74, 6) is 0.366. The fraction of sp³-hybridized carbons (Fsp3) is 0.611. The second-order valence-corrected chi connectivity index (χ2v) is 6.69. The lowest BCUT2D eigenvalue weighted by Crippen LogP contribution is -2.39. The average Bonchev–Trinajstić information content (AvgIpc) is 2.61. The molecular formula is C18H24ClN5O. The largest absolute Gasteiger partial charge is 0.370 e. The minimum Gasteiger partial charge on any atom is -0.370 e. The number of H-pyrrole nitrogens is 1. The van der Waals surface area contributed by atoms with E-state index in [1.807, 2.05) is 0 Å². The molecule has 1 aromatic heterocycles. The molecule has 3 rings (SSSR count). The highest BCUT2D eigenvalue weighted by Gasteiger charge is 2.30. The summed E-state index contributed by atoms with van der Waals surface area (Å²) in [5, 5.41) is 22.1. The number of aromatic amines is 1. The molecule has 1 atom stereocenters. The third-order valence-corrected chi connectivity index (χ3v) is 5.17. The number of rotatable bonds is 3. The summed E-state index contributed by atoms with van der Waals surface area (Å²) in [6.07, 6.45) is 3.64. The third kappa shape index (κ3) is 3.66. The zero-order chi connectivity index (χ0) is 17.1. The molecule has 1 unspecified atom stereocenters. The summed E-state index contributed by atoms with van der Waals surface area (Å²) in [5.41, 5.74) is 2.78. The van der Waals surface area contributed by atoms with E-state index in [2.05, 4.69) is 34.3 Å². The Labute approximate surface area is 154 Å². The van der Waals surface area contributed by atoms with Gasteiger partial charge in [0, 0.05) is 49.3 Å². The summed E-state index contributed by atoms with van der Waals surface area (Å²) in [6.45, 7) is 5.12. The van der Waals surface area contributed by atoms with Gasteiger partial charge in [0.15, 0.2) is 0 Å². The number of aromatic nitrogens is 1. The number of fused-ring (bicyclic) bond motifs is 1. The molecule has 6 nitrogen and oxygen atoms in total. The quantitative estimate of drug-likeness (QED) is 0.861. The van der Waals surface area contributed by atoms with Gasteiger partial charge in [-0.2, -0.15) is 10.5 Å². The van der Waals surface area contributed by atoms with Crippen LogP contribution in [0.1, 0.15) is 55.3 Å². The summed E-state index contributed by atoms with van der Waals surface area (Å²) in [4.78, 5) is 17.6. The molecule has 1 fully saturated rings. The van der Waals surface area contributed by atoms with Gasteiger partial charge in [-0.1, -0.05) is 13.3 Å². The normalized spacial score (nSPS) is 20.1. The van der Waals surface area contributed by atoms with Crippen molar-refractivity contribution in [2.45, 2.75) is 45.1 Å². The summed E-state index contributed by atoms with van der Waals surface area (Å²) >= 11 is 0. The highest BCUT2D eigenvalue weighted by atomic mass is 35.5. The Morgan fingerprint density at radius 2 is 2.00 bits per heavy atom. The molecular weight excluding hydrogens is 338 g/mol. The first-order chi connectivity index (χ1) is 11.7. The molecule has 2 aliphatic heterocycles. The fourth-order valence-electron chi connectivity index (χ4n) is 3.93. The van der Waals surface area contributed by atoms with Gasteiger partial charge < -0.3 is 15.2 Å². The van der Waals surface area contributed by atoms with Crippen LogP contribution in [-0.4, -0.2) is 24.6 Å². The number of nitriles is 2. The zero-order valence-electron chi connectivity index (χ0n) is 14.5. The topological polar surface area (TPSA) is 95.7 Å². The molecule has 3 heterocycles. The lowest BCUT2D eigenvalue weighted by atomic mass is 9.89. The second kappa shape index (κ2) is 8.38. The van der Waals surface area contributed by atoms with Gasteiger partial charge in [0.25, 0.3) is 5.56 Å². The zero-order valence-corrected chi connectivity index (χ0v) is 15.3. The van der Waals surface area contributed by atoms with E-state index in [4.69, 9.17) is 5.26 Å². The van der Waals surface area contributed by atoms with Crippen molar-refractivity contribution in [3.8, 4) is 12.1 Å². The Kier molecular flexibility index (Phi) is 6.47.